The van der Waals surface area contributed by atoms with Crippen LogP contribution in [0.5, 0.6) is 0 Å². The molecule has 0 spiro atoms. The van der Waals surface area contributed by atoms with Crippen molar-refractivity contribution in [2.24, 2.45) is 0 Å². The average molecular weight is 634 g/mol. The van der Waals surface area contributed by atoms with E-state index in [4.69, 9.17) is 22.4 Å². The number of aliphatic hydroxyl groups is 1. The van der Waals surface area contributed by atoms with Crippen LogP contribution in [0.4, 0.5) is 5.82 Å². The molecule has 14 heteroatoms. The molecule has 2 aliphatic heterocycles. The number of hydrogen-bond donors (Lipinski definition) is 2. The Morgan fingerprint density at radius 1 is 1.14 bits per heavy atom. The van der Waals surface area contributed by atoms with Crippen molar-refractivity contribution in [1.82, 2.24) is 14.6 Å². The van der Waals surface area contributed by atoms with Crippen LogP contribution in [-0.4, -0.2) is 80.4 Å². The summed E-state index contributed by atoms with van der Waals surface area (Å²) >= 11 is 0. The smallest absolute Gasteiger partial charge is 0.335 e. The quantitative estimate of drug-likeness (QED) is 0.397. The molecule has 4 heterocycles. The molecule has 1 amide bonds. The van der Waals surface area contributed by atoms with Crippen molar-refractivity contribution < 1.29 is 32.3 Å². The van der Waals surface area contributed by atoms with Gasteiger partial charge in [-0.3, -0.25) is 4.79 Å². The molecule has 0 aromatic carbocycles. The number of aromatic nitrogens is 3. The lowest BCUT2D eigenvalue weighted by Gasteiger charge is -2.51. The highest BCUT2D eigenvalue weighted by molar-refractivity contribution is 6.84. The van der Waals surface area contributed by atoms with E-state index in [0.717, 1.165) is 0 Å². The van der Waals surface area contributed by atoms with Crippen molar-refractivity contribution in [1.29, 1.82) is 5.26 Å². The number of carbonyl (C=O) groups is 1. The first-order valence-electron chi connectivity index (χ1n) is 15.0. The molecule has 0 bridgehead atoms. The van der Waals surface area contributed by atoms with Crippen LogP contribution >= 0.6 is 0 Å². The lowest BCUT2D eigenvalue weighted by Crippen LogP contribution is -2.66. The number of anilines is 1. The lowest BCUT2D eigenvalue weighted by atomic mass is 9.92. The third-order valence-electron chi connectivity index (χ3n) is 9.05. The molecular formula is C29H47N5O7Si2. The van der Waals surface area contributed by atoms with Crippen LogP contribution in [-0.2, 0) is 32.8 Å². The van der Waals surface area contributed by atoms with Gasteiger partial charge in [0, 0.05) is 7.11 Å². The minimum atomic E-state index is -3.08. The fourth-order valence-electron chi connectivity index (χ4n) is 6.24. The van der Waals surface area contributed by atoms with Gasteiger partial charge in [-0.1, -0.05) is 55.4 Å². The number of ether oxygens (including phenoxy) is 2. The van der Waals surface area contributed by atoms with E-state index in [0.29, 0.717) is 5.52 Å². The number of nitrogens with one attached hydrogen (secondary N) is 1. The molecular weight excluding hydrogens is 587 g/mol. The maximum Gasteiger partial charge on any atom is 0.335 e. The van der Waals surface area contributed by atoms with E-state index in [-0.39, 0.29) is 40.3 Å². The standard InChI is InChI=1S/C29H47N5O7Si2/c1-17(2)42(18(3)4)38-14-22-24(40-43(41-42,19(5)6)20(7)8)25(35)29(15-30,39-22)23-13-12-21-26(31-16-32-34(21)23)33-27(36)28(9,10)37-11/h12-13,16-20,22,24-25,35H,14H2,1-11H3,(H,31,32,33,36)/t22-,24-,25-,29+/m1/s1. The molecule has 0 saturated carbocycles. The predicted molar refractivity (Wildman–Crippen MR) is 165 cm³/mol. The van der Waals surface area contributed by atoms with Crippen LogP contribution in [0.15, 0.2) is 18.5 Å². The third kappa shape index (κ3) is 5.37. The summed E-state index contributed by atoms with van der Waals surface area (Å²) in [6, 6.07) is 5.59. The summed E-state index contributed by atoms with van der Waals surface area (Å²) in [7, 11) is -4.48. The van der Waals surface area contributed by atoms with Gasteiger partial charge in [-0.2, -0.15) is 10.4 Å². The van der Waals surface area contributed by atoms with Gasteiger partial charge in [-0.15, -0.1) is 0 Å². The number of nitrogens with zero attached hydrogens (tertiary/aromatic N) is 4. The average Bonchev–Trinajstić information content (AvgIpc) is 3.48. The molecule has 0 radical (unpaired) electrons. The van der Waals surface area contributed by atoms with Crippen LogP contribution in [0.3, 0.4) is 0 Å². The van der Waals surface area contributed by atoms with Crippen molar-refractivity contribution in [2.45, 2.75) is 121 Å². The van der Waals surface area contributed by atoms with Gasteiger partial charge in [-0.25, -0.2) is 9.50 Å². The number of fused-ring (bicyclic) bond motifs is 2. The molecule has 2 saturated heterocycles. The van der Waals surface area contributed by atoms with Crippen LogP contribution in [0.25, 0.3) is 5.52 Å². The second-order valence-electron chi connectivity index (χ2n) is 13.3. The van der Waals surface area contributed by atoms with Crippen molar-refractivity contribution in [3.8, 4) is 6.07 Å². The van der Waals surface area contributed by atoms with E-state index in [2.05, 4.69) is 76.9 Å². The van der Waals surface area contributed by atoms with Gasteiger partial charge in [-0.05, 0) is 48.1 Å². The van der Waals surface area contributed by atoms with E-state index in [1.807, 2.05) is 0 Å². The summed E-state index contributed by atoms with van der Waals surface area (Å²) in [4.78, 5) is 17.1. The topological polar surface area (TPSA) is 149 Å². The molecule has 0 unspecified atom stereocenters. The first-order valence-corrected chi connectivity index (χ1v) is 19.0. The van der Waals surface area contributed by atoms with Crippen molar-refractivity contribution in [2.75, 3.05) is 19.0 Å². The summed E-state index contributed by atoms with van der Waals surface area (Å²) in [5.74, 6) is -0.173. The zero-order valence-corrected chi connectivity index (χ0v) is 29.2. The Kier molecular flexibility index (Phi) is 9.35. The van der Waals surface area contributed by atoms with E-state index < -0.39 is 52.5 Å². The highest BCUT2D eigenvalue weighted by Crippen LogP contribution is 2.50. The lowest BCUT2D eigenvalue weighted by molar-refractivity contribution is -0.133. The summed E-state index contributed by atoms with van der Waals surface area (Å²) in [5.41, 5.74) is -1.90. The zero-order valence-electron chi connectivity index (χ0n) is 27.2. The third-order valence-corrected chi connectivity index (χ3v) is 19.3. The molecule has 2 aromatic heterocycles. The van der Waals surface area contributed by atoms with Crippen molar-refractivity contribution in [3.63, 3.8) is 0 Å². The maximum absolute atomic E-state index is 12.8. The van der Waals surface area contributed by atoms with E-state index in [1.54, 1.807) is 26.0 Å². The van der Waals surface area contributed by atoms with E-state index >= 15 is 0 Å². The Labute approximate surface area is 256 Å². The van der Waals surface area contributed by atoms with E-state index in [9.17, 15) is 15.2 Å². The molecule has 4 rings (SSSR count). The highest BCUT2D eigenvalue weighted by atomic mass is 28.5. The maximum atomic E-state index is 12.8. The van der Waals surface area contributed by atoms with E-state index in [1.165, 1.54) is 18.0 Å². The number of nitriles is 1. The molecule has 2 aliphatic rings. The summed E-state index contributed by atoms with van der Waals surface area (Å²) in [5, 5.41) is 29.8. The fourth-order valence-corrected chi connectivity index (χ4v) is 17.4. The molecule has 2 aromatic rings. The fraction of sp³-hybridized carbons (Fsp3) is 0.724. The van der Waals surface area contributed by atoms with Gasteiger partial charge in [0.1, 0.15) is 41.8 Å². The summed E-state index contributed by atoms with van der Waals surface area (Å²) in [6.07, 6.45) is -1.72. The molecule has 43 heavy (non-hydrogen) atoms. The largest absolute Gasteiger partial charge is 0.414 e. The Morgan fingerprint density at radius 2 is 1.74 bits per heavy atom. The Hall–Kier alpha value is -2.23. The normalized spacial score (nSPS) is 27.4. The first kappa shape index (κ1) is 33.7. The number of rotatable bonds is 8. The number of hydrogen-bond acceptors (Lipinski definition) is 10. The summed E-state index contributed by atoms with van der Waals surface area (Å²) < 4.78 is 34.3. The number of carbonyl (C=O) groups excluding carboxylic acids is 1. The number of methoxy groups -OCH3 is 1. The second-order valence-corrected chi connectivity index (χ2v) is 22.1. The van der Waals surface area contributed by atoms with Gasteiger partial charge < -0.3 is 32.9 Å². The zero-order chi connectivity index (χ0) is 32.1. The van der Waals surface area contributed by atoms with Gasteiger partial charge in [0.15, 0.2) is 5.82 Å². The van der Waals surface area contributed by atoms with Gasteiger partial charge in [0.05, 0.1) is 12.3 Å². The monoisotopic (exact) mass is 633 g/mol. The highest BCUT2D eigenvalue weighted by Gasteiger charge is 2.65. The van der Waals surface area contributed by atoms with Crippen molar-refractivity contribution in [3.05, 3.63) is 24.2 Å². The molecule has 4 atom stereocenters. The molecule has 2 N–H and O–H groups in total. The van der Waals surface area contributed by atoms with Gasteiger partial charge in [0.2, 0.25) is 5.60 Å². The Balaban J connectivity index is 1.82. The summed E-state index contributed by atoms with van der Waals surface area (Å²) in [6.45, 7) is 20.3. The second kappa shape index (κ2) is 11.9. The molecule has 238 valence electrons. The first-order chi connectivity index (χ1) is 20.0. The van der Waals surface area contributed by atoms with Gasteiger partial charge in [0.25, 0.3) is 5.91 Å². The number of aliphatic hydroxyl groups excluding tert-OH is 1. The minimum Gasteiger partial charge on any atom is -0.414 e. The molecule has 2 fully saturated rings. The van der Waals surface area contributed by atoms with Crippen molar-refractivity contribution >= 4 is 34.4 Å². The Bertz CT molecular complexity index is 1360. The van der Waals surface area contributed by atoms with Gasteiger partial charge >= 0.3 is 17.1 Å². The predicted octanol–water partition coefficient (Wildman–Crippen LogP) is 4.53. The Morgan fingerprint density at radius 3 is 2.28 bits per heavy atom. The van der Waals surface area contributed by atoms with Crippen LogP contribution in [0.1, 0.15) is 74.9 Å². The number of amides is 1. The van der Waals surface area contributed by atoms with Crippen LogP contribution in [0, 0.1) is 11.3 Å². The SMILES string of the molecule is COC(C)(C)C(=O)Nc1ncnn2c([C@]3(C#N)O[C@@H]4CO[Si](C(C)C)(C(C)C)O[Si](C(C)C)(C(C)C)O[C@H]4[C@H]3O)ccc12. The van der Waals surface area contributed by atoms with Crippen LogP contribution < -0.4 is 5.32 Å². The molecule has 12 nitrogen and oxygen atoms in total. The molecule has 0 aliphatic carbocycles. The minimum absolute atomic E-state index is 0.0351. The van der Waals surface area contributed by atoms with Crippen LogP contribution in [0.2, 0.25) is 22.2 Å².